The highest BCUT2D eigenvalue weighted by Crippen LogP contribution is 2.34. The molecule has 1 fully saturated rings. The van der Waals surface area contributed by atoms with Gasteiger partial charge in [-0.3, -0.25) is 4.98 Å². The number of aryl methyl sites for hydroxylation is 1. The molecule has 2 N–H and O–H groups in total. The minimum atomic E-state index is -3.12. The molecule has 1 aliphatic rings. The maximum atomic E-state index is 13.8. The molecule has 6 nitrogen and oxygen atoms in total. The van der Waals surface area contributed by atoms with Crippen LogP contribution in [0.4, 0.5) is 25.0 Å². The van der Waals surface area contributed by atoms with Crippen LogP contribution in [0.25, 0.3) is 16.6 Å². The number of benzene rings is 2. The van der Waals surface area contributed by atoms with Gasteiger partial charge in [-0.2, -0.15) is 0 Å². The monoisotopic (exact) mass is 551 g/mol. The van der Waals surface area contributed by atoms with Crippen molar-refractivity contribution in [3.63, 3.8) is 0 Å². The highest BCUT2D eigenvalue weighted by Gasteiger charge is 2.27. The van der Waals surface area contributed by atoms with Gasteiger partial charge in [0.05, 0.1) is 11.7 Å². The molecule has 0 saturated carbocycles. The molecule has 0 spiro atoms. The van der Waals surface area contributed by atoms with E-state index in [0.29, 0.717) is 5.69 Å². The van der Waals surface area contributed by atoms with Crippen molar-refractivity contribution in [3.05, 3.63) is 83.3 Å². The predicted molar refractivity (Wildman–Crippen MR) is 153 cm³/mol. The lowest BCUT2D eigenvalue weighted by Crippen LogP contribution is -2.20. The van der Waals surface area contributed by atoms with E-state index >= 15 is 0 Å². The van der Waals surface area contributed by atoms with Crippen LogP contribution in [0.3, 0.4) is 0 Å². The van der Waals surface area contributed by atoms with Crippen molar-refractivity contribution in [2.75, 3.05) is 30.3 Å². The lowest BCUT2D eigenvalue weighted by atomic mass is 10.1. The van der Waals surface area contributed by atoms with Crippen molar-refractivity contribution in [2.24, 2.45) is 0 Å². The van der Waals surface area contributed by atoms with Crippen LogP contribution in [-0.2, 0) is 12.3 Å². The van der Waals surface area contributed by atoms with Crippen LogP contribution < -0.4 is 10.6 Å². The van der Waals surface area contributed by atoms with E-state index in [2.05, 4.69) is 37.3 Å². The number of aromatic nitrogens is 2. The third-order valence-corrected chi connectivity index (χ3v) is 7.49. The van der Waals surface area contributed by atoms with Crippen molar-refractivity contribution in [1.82, 2.24) is 14.5 Å². The van der Waals surface area contributed by atoms with E-state index in [1.807, 2.05) is 24.5 Å². The summed E-state index contributed by atoms with van der Waals surface area (Å²) in [6, 6.07) is 13.0. The number of halogens is 3. The van der Waals surface area contributed by atoms with Crippen LogP contribution in [0.2, 0.25) is 5.02 Å². The summed E-state index contributed by atoms with van der Waals surface area (Å²) in [5, 5.41) is 6.48. The number of hydrogen-bond donors (Lipinski definition) is 2. The van der Waals surface area contributed by atoms with Crippen molar-refractivity contribution < 1.29 is 13.6 Å². The molecule has 204 valence electrons. The molecule has 0 aliphatic carbocycles. The summed E-state index contributed by atoms with van der Waals surface area (Å²) in [5.74, 6) is -3.12. The van der Waals surface area contributed by atoms with E-state index in [-0.39, 0.29) is 16.3 Å². The first kappa shape index (κ1) is 27.1. The van der Waals surface area contributed by atoms with Gasteiger partial charge in [0.25, 0.3) is 5.92 Å². The Morgan fingerprint density at radius 2 is 1.74 bits per heavy atom. The van der Waals surface area contributed by atoms with E-state index in [1.165, 1.54) is 68.0 Å². The number of carbonyl (C=O) groups excluding carboxylic acids is 1. The summed E-state index contributed by atoms with van der Waals surface area (Å²) in [7, 11) is 0. The summed E-state index contributed by atoms with van der Waals surface area (Å²) < 4.78 is 29.7. The van der Waals surface area contributed by atoms with Crippen molar-refractivity contribution in [3.8, 4) is 5.69 Å². The number of nitrogens with one attached hydrogen (secondary N) is 2. The Labute approximate surface area is 232 Å². The van der Waals surface area contributed by atoms with Gasteiger partial charge in [0.2, 0.25) is 0 Å². The first-order valence-corrected chi connectivity index (χ1v) is 13.7. The first-order chi connectivity index (χ1) is 18.8. The quantitative estimate of drug-likeness (QED) is 0.208. The van der Waals surface area contributed by atoms with Crippen LogP contribution in [0.5, 0.6) is 0 Å². The second-order valence-electron chi connectivity index (χ2n) is 10.1. The van der Waals surface area contributed by atoms with E-state index in [1.54, 1.807) is 12.1 Å². The molecular weight excluding hydrogens is 520 g/mol. The third kappa shape index (κ3) is 6.57. The summed E-state index contributed by atoms with van der Waals surface area (Å²) >= 11 is 5.89. The zero-order valence-electron chi connectivity index (χ0n) is 21.9. The van der Waals surface area contributed by atoms with Gasteiger partial charge in [-0.1, -0.05) is 11.6 Å². The van der Waals surface area contributed by atoms with Crippen LogP contribution in [0, 0.1) is 0 Å². The summed E-state index contributed by atoms with van der Waals surface area (Å²) in [6.45, 7) is 4.41. The summed E-state index contributed by atoms with van der Waals surface area (Å²) in [4.78, 5) is 19.4. The van der Waals surface area contributed by atoms with Crippen LogP contribution in [-0.4, -0.2) is 40.1 Å². The number of carbonyl (C=O) groups is 1. The van der Waals surface area contributed by atoms with E-state index in [9.17, 15) is 13.6 Å². The van der Waals surface area contributed by atoms with Crippen LogP contribution in [0.1, 0.15) is 43.7 Å². The number of rotatable bonds is 9. The third-order valence-electron chi connectivity index (χ3n) is 7.16. The number of likely N-dealkylation sites (tertiary alicyclic amines) is 1. The zero-order valence-corrected chi connectivity index (χ0v) is 22.6. The maximum absolute atomic E-state index is 13.8. The molecule has 2 aromatic carbocycles. The van der Waals surface area contributed by atoms with Gasteiger partial charge in [-0.15, -0.1) is 0 Å². The topological polar surface area (TPSA) is 62.2 Å². The van der Waals surface area contributed by atoms with Gasteiger partial charge >= 0.3 is 6.03 Å². The van der Waals surface area contributed by atoms with Gasteiger partial charge < -0.3 is 20.1 Å². The number of fused-ring (bicyclic) bond motifs is 1. The van der Waals surface area contributed by atoms with Gasteiger partial charge in [0.15, 0.2) is 0 Å². The SMILES string of the molecule is CC(F)(F)c1cc(NC(=O)Nc2ccc(-n3cc(CCCCN4CCCC4)c4ccncc43)cc2)ccc1Cl. The average Bonchev–Trinajstić information content (AvgIpc) is 3.56. The lowest BCUT2D eigenvalue weighted by Gasteiger charge is -2.15. The fourth-order valence-electron chi connectivity index (χ4n) is 5.15. The zero-order chi connectivity index (χ0) is 27.4. The van der Waals surface area contributed by atoms with Crippen LogP contribution in [0.15, 0.2) is 67.1 Å². The minimum absolute atomic E-state index is 0.0537. The summed E-state index contributed by atoms with van der Waals surface area (Å²) in [5.41, 5.74) is 3.75. The van der Waals surface area contributed by atoms with E-state index in [4.69, 9.17) is 11.6 Å². The molecule has 0 atom stereocenters. The maximum Gasteiger partial charge on any atom is 0.323 e. The molecular formula is C30H32ClF2N5O. The number of anilines is 2. The number of hydrogen-bond acceptors (Lipinski definition) is 3. The first-order valence-electron chi connectivity index (χ1n) is 13.3. The average molecular weight is 552 g/mol. The number of unbranched alkanes of at least 4 members (excludes halogenated alkanes) is 1. The Balaban J connectivity index is 1.24. The Hall–Kier alpha value is -3.49. The Bertz CT molecular complexity index is 1440. The molecule has 0 bridgehead atoms. The van der Waals surface area contributed by atoms with E-state index < -0.39 is 12.0 Å². The number of pyridine rings is 1. The van der Waals surface area contributed by atoms with Gasteiger partial charge in [0, 0.05) is 52.4 Å². The Kier molecular flexibility index (Phi) is 8.14. The molecule has 39 heavy (non-hydrogen) atoms. The highest BCUT2D eigenvalue weighted by molar-refractivity contribution is 6.31. The highest BCUT2D eigenvalue weighted by atomic mass is 35.5. The normalized spacial score (nSPS) is 14.2. The molecule has 1 saturated heterocycles. The molecule has 0 radical (unpaired) electrons. The largest absolute Gasteiger partial charge is 0.323 e. The number of urea groups is 1. The van der Waals surface area contributed by atoms with Gasteiger partial charge in [-0.25, -0.2) is 13.6 Å². The molecule has 0 unspecified atom stereocenters. The van der Waals surface area contributed by atoms with Crippen molar-refractivity contribution in [2.45, 2.75) is 45.0 Å². The van der Waals surface area contributed by atoms with E-state index in [0.717, 1.165) is 31.0 Å². The standard InChI is InChI=1S/C30H32ClF2N5O/c1-30(32,33)26-18-23(9-12-27(26)31)36-29(39)35-22-7-10-24(11-8-22)38-20-21(25-13-14-34-19-28(25)38)6-2-3-15-37-16-4-5-17-37/h7-14,18-20H,2-6,15-17H2,1H3,(H2,35,36,39). The fraction of sp³-hybridized carbons (Fsp3) is 0.333. The number of amides is 2. The predicted octanol–water partition coefficient (Wildman–Crippen LogP) is 7.85. The molecule has 1 aliphatic heterocycles. The second-order valence-corrected chi connectivity index (χ2v) is 10.5. The van der Waals surface area contributed by atoms with Gasteiger partial charge in [-0.05, 0) is 106 Å². The van der Waals surface area contributed by atoms with Gasteiger partial charge in [0.1, 0.15) is 0 Å². The van der Waals surface area contributed by atoms with Crippen molar-refractivity contribution in [1.29, 1.82) is 0 Å². The lowest BCUT2D eigenvalue weighted by molar-refractivity contribution is 0.0176. The van der Waals surface area contributed by atoms with Crippen LogP contribution >= 0.6 is 11.6 Å². The fourth-order valence-corrected chi connectivity index (χ4v) is 5.44. The molecule has 2 aromatic heterocycles. The second kappa shape index (κ2) is 11.7. The molecule has 4 aromatic rings. The minimum Gasteiger partial charge on any atom is -0.315 e. The molecule has 2 amide bonds. The smallest absolute Gasteiger partial charge is 0.315 e. The molecule has 3 heterocycles. The Morgan fingerprint density at radius 1 is 1.03 bits per heavy atom. The Morgan fingerprint density at radius 3 is 2.49 bits per heavy atom. The summed E-state index contributed by atoms with van der Waals surface area (Å²) in [6.07, 6.45) is 11.9. The van der Waals surface area contributed by atoms with Crippen molar-refractivity contribution >= 4 is 39.9 Å². The number of nitrogens with zero attached hydrogens (tertiary/aromatic N) is 3. The molecule has 5 rings (SSSR count). The molecule has 9 heteroatoms. The number of alkyl halides is 2.